The molecule has 0 radical (unpaired) electrons. The molecule has 0 saturated carbocycles. The lowest BCUT2D eigenvalue weighted by Crippen LogP contribution is -2.15. The maximum absolute atomic E-state index is 5.01. The molecule has 23 aromatic rings. The van der Waals surface area contributed by atoms with Crippen LogP contribution in [-0.2, 0) is 16.2 Å². The van der Waals surface area contributed by atoms with Crippen LogP contribution in [0.4, 0.5) is 0 Å². The van der Waals surface area contributed by atoms with Gasteiger partial charge < -0.3 is 0 Å². The topological polar surface area (TPSA) is 155 Å². The maximum atomic E-state index is 5.01. The summed E-state index contributed by atoms with van der Waals surface area (Å²) in [4.78, 5) is 57.4. The molecule has 3 aliphatic carbocycles. The summed E-state index contributed by atoms with van der Waals surface area (Å²) in [6.45, 7) is 14.0. The number of fused-ring (bicyclic) bond motifs is 13. The van der Waals surface area contributed by atoms with E-state index in [1.54, 1.807) is 37.2 Å². The summed E-state index contributed by atoms with van der Waals surface area (Å²) in [5.74, 6) is 5.56. The molecule has 0 atom stereocenters. The van der Waals surface area contributed by atoms with E-state index in [2.05, 4.69) is 427 Å². The molecule has 143 heavy (non-hydrogen) atoms. The Bertz CT molecular complexity index is 8800. The van der Waals surface area contributed by atoms with Crippen LogP contribution >= 0.6 is 0 Å². The molecule has 0 fully saturated rings. The number of rotatable bonds is 15. The van der Waals surface area contributed by atoms with Gasteiger partial charge in [0.25, 0.3) is 0 Å². The number of pyridine rings is 3. The van der Waals surface area contributed by atoms with Crippen LogP contribution in [0.2, 0.25) is 0 Å². The van der Waals surface area contributed by atoms with Gasteiger partial charge in [-0.15, -0.1) is 0 Å². The van der Waals surface area contributed by atoms with Crippen molar-refractivity contribution in [1.82, 2.24) is 59.8 Å². The zero-order valence-corrected chi connectivity index (χ0v) is 79.7. The average molecular weight is 1840 g/mol. The lowest BCUT2D eigenvalue weighted by atomic mass is 9.79. The number of hydrogen-bond acceptors (Lipinski definition) is 12. The van der Waals surface area contributed by atoms with Gasteiger partial charge >= 0.3 is 0 Å². The van der Waals surface area contributed by atoms with Crippen LogP contribution < -0.4 is 0 Å². The minimum Gasteiger partial charge on any atom is -0.265 e. The monoisotopic (exact) mass is 1830 g/mol. The van der Waals surface area contributed by atoms with Crippen LogP contribution in [0.5, 0.6) is 0 Å². The van der Waals surface area contributed by atoms with Gasteiger partial charge in [-0.1, -0.05) is 393 Å². The van der Waals surface area contributed by atoms with Gasteiger partial charge in [-0.3, -0.25) is 15.0 Å². The number of benzene rings is 17. The summed E-state index contributed by atoms with van der Waals surface area (Å²) in [6.07, 6.45) is 10.6. The van der Waals surface area contributed by atoms with Gasteiger partial charge in [-0.05, 0) is 228 Å². The van der Waals surface area contributed by atoms with Crippen LogP contribution in [0, 0.1) is 0 Å². The van der Waals surface area contributed by atoms with Gasteiger partial charge in [-0.25, -0.2) is 44.9 Å². The van der Waals surface area contributed by atoms with Gasteiger partial charge in [0.05, 0.1) is 0 Å². The fourth-order valence-electron chi connectivity index (χ4n) is 21.0. The Labute approximate surface area is 831 Å². The Hall–Kier alpha value is -18.3. The molecule has 0 spiro atoms. The summed E-state index contributed by atoms with van der Waals surface area (Å²) in [5.41, 5.74) is 38.1. The molecule has 678 valence electrons. The summed E-state index contributed by atoms with van der Waals surface area (Å²) >= 11 is 0. The average Bonchev–Trinajstić information content (AvgIpc) is 1.56. The molecule has 0 N–H and O–H groups in total. The first-order valence-electron chi connectivity index (χ1n) is 48.5. The summed E-state index contributed by atoms with van der Waals surface area (Å²) in [6, 6.07) is 150. The predicted octanol–water partition coefficient (Wildman–Crippen LogP) is 32.0. The number of nitrogens with zero attached hydrogens (tertiary/aromatic N) is 12. The van der Waals surface area contributed by atoms with Crippen LogP contribution in [0.25, 0.3) is 224 Å². The number of aromatic nitrogens is 12. The molecule has 6 aromatic heterocycles. The van der Waals surface area contributed by atoms with E-state index in [9.17, 15) is 0 Å². The largest absolute Gasteiger partial charge is 0.265 e. The van der Waals surface area contributed by atoms with Crippen molar-refractivity contribution >= 4 is 21.5 Å². The Morgan fingerprint density at radius 1 is 0.154 bits per heavy atom. The van der Waals surface area contributed by atoms with Gasteiger partial charge in [-0.2, -0.15) is 0 Å². The predicted molar refractivity (Wildman–Crippen MR) is 582 cm³/mol. The Kier molecular flexibility index (Phi) is 22.4. The Morgan fingerprint density at radius 3 is 0.923 bits per heavy atom. The molecule has 0 aliphatic heterocycles. The van der Waals surface area contributed by atoms with Gasteiger partial charge in [0, 0.05) is 103 Å². The van der Waals surface area contributed by atoms with Crippen molar-refractivity contribution in [3.8, 4) is 203 Å². The molecule has 6 heterocycles. The minimum absolute atomic E-state index is 0.00268. The molecular weight excluding hydrogens is 1740 g/mol. The molecule has 17 aromatic carbocycles. The highest BCUT2D eigenvalue weighted by atomic mass is 15.1. The molecule has 26 rings (SSSR count). The Balaban J connectivity index is 0.000000116. The molecule has 0 amide bonds. The minimum atomic E-state index is -0.108. The van der Waals surface area contributed by atoms with Crippen LogP contribution in [-0.4, -0.2) is 59.8 Å². The Morgan fingerprint density at radius 2 is 0.455 bits per heavy atom. The van der Waals surface area contributed by atoms with Crippen molar-refractivity contribution < 1.29 is 0 Å². The highest BCUT2D eigenvalue weighted by Gasteiger charge is 2.40. The highest BCUT2D eigenvalue weighted by molar-refractivity contribution is 6.04. The third-order valence-corrected chi connectivity index (χ3v) is 28.5. The third-order valence-electron chi connectivity index (χ3n) is 28.5. The zero-order chi connectivity index (χ0) is 96.3. The second-order valence-corrected chi connectivity index (χ2v) is 38.3. The van der Waals surface area contributed by atoms with Gasteiger partial charge in [0.2, 0.25) is 0 Å². The fraction of sp³-hybridized carbons (Fsp3) is 0.0687. The summed E-state index contributed by atoms with van der Waals surface area (Å²) in [7, 11) is 0. The normalized spacial score (nSPS) is 12.9. The zero-order valence-electron chi connectivity index (χ0n) is 79.7. The molecule has 12 heteroatoms. The van der Waals surface area contributed by atoms with E-state index < -0.39 is 0 Å². The second kappa shape index (κ2) is 36.6. The summed E-state index contributed by atoms with van der Waals surface area (Å²) < 4.78 is 0. The van der Waals surface area contributed by atoms with Crippen LogP contribution in [0.1, 0.15) is 74.9 Å². The third kappa shape index (κ3) is 16.7. The van der Waals surface area contributed by atoms with Crippen molar-refractivity contribution in [2.75, 3.05) is 0 Å². The molecule has 0 bridgehead atoms. The van der Waals surface area contributed by atoms with Crippen molar-refractivity contribution in [3.05, 3.63) is 495 Å². The molecule has 0 saturated heterocycles. The standard InChI is InChI=1S/2C45H32N4.C41H30N4/c1-45(2)40-27-34(22-23-38(40)39-24-21-31-12-6-7-16-37(31)41(39)45)30-17-19-32(20-18-30)42-47-43(49-44(48-42)36-15-9-25-46-28-36)35-14-8-13-33(26-35)29-10-4-3-5-11-29;1-45(2)39-22-20-31-11-6-7-14-37(31)41(39)38-21-19-35(28-40(38)45)30-15-17-32(18-16-30)42-47-43(33-23-25-46-26-24-33)49-44(48-42)36-13-8-12-34(27-36)29-9-4-3-5-10-29;1-41(2)36-16-7-6-15-34(36)35-25-31(21-22-37(35)41)28-17-19-29(20-18-28)38-43-39(45-40(44-38)33-14-9-23-42-26-33)32-13-8-12-30(24-32)27-10-4-3-5-11-27/h2*3-28H,1-2H3;3-26H,1-2H3. The van der Waals surface area contributed by atoms with E-state index in [0.29, 0.717) is 52.4 Å². The second-order valence-electron chi connectivity index (χ2n) is 38.3. The lowest BCUT2D eigenvalue weighted by Gasteiger charge is -2.23. The fourth-order valence-corrected chi connectivity index (χ4v) is 21.0. The number of hydrogen-bond donors (Lipinski definition) is 0. The summed E-state index contributed by atoms with van der Waals surface area (Å²) in [5, 5.41) is 5.22. The van der Waals surface area contributed by atoms with E-state index in [4.69, 9.17) is 44.9 Å². The molecule has 12 nitrogen and oxygen atoms in total. The van der Waals surface area contributed by atoms with E-state index in [-0.39, 0.29) is 16.2 Å². The molecule has 0 unspecified atom stereocenters. The van der Waals surface area contributed by atoms with Gasteiger partial charge in [0.15, 0.2) is 52.4 Å². The van der Waals surface area contributed by atoms with Crippen LogP contribution in [0.3, 0.4) is 0 Å². The molecule has 3 aliphatic rings. The highest BCUT2D eigenvalue weighted by Crippen LogP contribution is 2.56. The van der Waals surface area contributed by atoms with Crippen molar-refractivity contribution in [3.63, 3.8) is 0 Å². The maximum Gasteiger partial charge on any atom is 0.165 e. The smallest absolute Gasteiger partial charge is 0.165 e. The SMILES string of the molecule is CC1(C)c2cc(-c3ccc(-c4nc(-c5cccnc5)nc(-c5cccc(-c6ccccc6)c5)n4)cc3)ccc2-c2ccc3ccccc3c21.CC1(C)c2cc(-c3ccc(-c4nc(-c5ccncc5)nc(-c5cccc(-c6ccccc6)c5)n4)cc3)ccc2-c2c1ccc1ccccc21.CC1(C)c2ccccc2-c2cc(-c3ccc(-c4nc(-c5cccnc5)nc(-c5cccc(-c6ccccc6)c5)n4)cc3)ccc21. The van der Waals surface area contributed by atoms with E-state index >= 15 is 0 Å². The quantitative estimate of drug-likeness (QED) is 0.0959. The first kappa shape index (κ1) is 87.5. The first-order chi connectivity index (χ1) is 70.1. The van der Waals surface area contributed by atoms with Crippen LogP contribution in [0.15, 0.2) is 462 Å². The van der Waals surface area contributed by atoms with Gasteiger partial charge in [0.1, 0.15) is 0 Å². The molecular formula is C131H94N12. The van der Waals surface area contributed by atoms with Crippen molar-refractivity contribution in [2.24, 2.45) is 0 Å². The first-order valence-corrected chi connectivity index (χ1v) is 48.5. The lowest BCUT2D eigenvalue weighted by molar-refractivity contribution is 0.660. The van der Waals surface area contributed by atoms with E-state index in [1.807, 2.05) is 54.6 Å². The van der Waals surface area contributed by atoms with E-state index in [0.717, 1.165) is 100 Å². The van der Waals surface area contributed by atoms with Crippen molar-refractivity contribution in [2.45, 2.75) is 57.8 Å². The van der Waals surface area contributed by atoms with E-state index in [1.165, 1.54) is 105 Å². The van der Waals surface area contributed by atoms with Crippen molar-refractivity contribution in [1.29, 1.82) is 0 Å².